The molecule has 0 bridgehead atoms. The Balaban J connectivity index is 3.03. The lowest BCUT2D eigenvalue weighted by atomic mass is 10.3. The quantitative estimate of drug-likeness (QED) is 0.667. The molecule has 1 heterocycles. The van der Waals surface area contributed by atoms with Gasteiger partial charge in [0.2, 0.25) is 0 Å². The smallest absolute Gasteiger partial charge is 0.360 e. The molecule has 0 saturated heterocycles. The molecule has 1 aromatic heterocycles. The fourth-order valence-corrected chi connectivity index (χ4v) is 1.05. The molecule has 0 spiro atoms. The van der Waals surface area contributed by atoms with Crippen LogP contribution in [-0.4, -0.2) is 18.1 Å². The predicted molar refractivity (Wildman–Crippen MR) is 46.6 cm³/mol. The monoisotopic (exact) mass is 183 g/mol. The molecule has 0 amide bonds. The van der Waals surface area contributed by atoms with Crippen LogP contribution in [0.5, 0.6) is 0 Å². The third kappa shape index (κ3) is 1.88. The third-order valence-electron chi connectivity index (χ3n) is 1.74. The van der Waals surface area contributed by atoms with Crippen LogP contribution in [-0.2, 0) is 17.6 Å². The molecule has 0 atom stereocenters. The second-order valence-electron chi connectivity index (χ2n) is 2.58. The first kappa shape index (κ1) is 9.77. The summed E-state index contributed by atoms with van der Waals surface area (Å²) < 4.78 is 9.90. The number of oxazole rings is 1. The van der Waals surface area contributed by atoms with E-state index in [1.807, 2.05) is 13.8 Å². The summed E-state index contributed by atoms with van der Waals surface area (Å²) in [5.74, 6) is 0.751. The standard InChI is InChI=1S/C9H13NO3/c1-4-6-8(9(11)12-3)10-7(5-2)13-6/h4-5H2,1-3H3. The van der Waals surface area contributed by atoms with Gasteiger partial charge in [-0.15, -0.1) is 0 Å². The van der Waals surface area contributed by atoms with Gasteiger partial charge in [-0.2, -0.15) is 0 Å². The highest BCUT2D eigenvalue weighted by molar-refractivity contribution is 5.88. The first-order valence-electron chi connectivity index (χ1n) is 4.29. The summed E-state index contributed by atoms with van der Waals surface area (Å²) >= 11 is 0. The predicted octanol–water partition coefficient (Wildman–Crippen LogP) is 1.59. The minimum atomic E-state index is -0.430. The summed E-state index contributed by atoms with van der Waals surface area (Å²) in [6.45, 7) is 3.83. The van der Waals surface area contributed by atoms with E-state index in [-0.39, 0.29) is 0 Å². The lowest BCUT2D eigenvalue weighted by Gasteiger charge is -1.94. The molecular weight excluding hydrogens is 170 g/mol. The van der Waals surface area contributed by atoms with Crippen molar-refractivity contribution in [1.29, 1.82) is 0 Å². The number of nitrogens with zero attached hydrogens (tertiary/aromatic N) is 1. The Kier molecular flexibility index (Phi) is 3.06. The van der Waals surface area contributed by atoms with E-state index in [4.69, 9.17) is 4.42 Å². The van der Waals surface area contributed by atoms with Gasteiger partial charge in [-0.05, 0) is 0 Å². The fourth-order valence-electron chi connectivity index (χ4n) is 1.05. The second-order valence-corrected chi connectivity index (χ2v) is 2.58. The van der Waals surface area contributed by atoms with Gasteiger partial charge in [0, 0.05) is 12.8 Å². The van der Waals surface area contributed by atoms with Gasteiger partial charge in [0.15, 0.2) is 11.6 Å². The van der Waals surface area contributed by atoms with E-state index in [1.54, 1.807) is 0 Å². The SMILES string of the molecule is CCc1nc(C(=O)OC)c(CC)o1. The number of aryl methyl sites for hydroxylation is 2. The van der Waals surface area contributed by atoms with Crippen LogP contribution in [0.4, 0.5) is 0 Å². The van der Waals surface area contributed by atoms with E-state index in [1.165, 1.54) is 7.11 Å². The van der Waals surface area contributed by atoms with Crippen molar-refractivity contribution in [2.75, 3.05) is 7.11 Å². The maximum Gasteiger partial charge on any atom is 0.360 e. The van der Waals surface area contributed by atoms with Crippen molar-refractivity contribution in [2.24, 2.45) is 0 Å². The first-order chi connectivity index (χ1) is 6.22. The molecule has 1 aromatic rings. The molecular formula is C9H13NO3. The van der Waals surface area contributed by atoms with Crippen LogP contribution in [0, 0.1) is 0 Å². The van der Waals surface area contributed by atoms with Crippen molar-refractivity contribution in [1.82, 2.24) is 4.98 Å². The van der Waals surface area contributed by atoms with Crippen LogP contribution in [0.3, 0.4) is 0 Å². The van der Waals surface area contributed by atoms with Gasteiger partial charge < -0.3 is 9.15 Å². The zero-order valence-corrected chi connectivity index (χ0v) is 8.09. The molecule has 0 fully saturated rings. The molecule has 0 saturated carbocycles. The molecule has 0 unspecified atom stereocenters. The van der Waals surface area contributed by atoms with E-state index in [9.17, 15) is 4.79 Å². The molecule has 13 heavy (non-hydrogen) atoms. The zero-order chi connectivity index (χ0) is 9.84. The Hall–Kier alpha value is -1.32. The second kappa shape index (κ2) is 4.07. The highest BCUT2D eigenvalue weighted by Crippen LogP contribution is 2.13. The summed E-state index contributed by atoms with van der Waals surface area (Å²) in [5.41, 5.74) is 0.307. The van der Waals surface area contributed by atoms with Gasteiger partial charge in [-0.25, -0.2) is 9.78 Å². The molecule has 0 radical (unpaired) electrons. The molecule has 0 aromatic carbocycles. The molecule has 0 aliphatic rings. The summed E-state index contributed by atoms with van der Waals surface area (Å²) in [7, 11) is 1.34. The molecule has 4 nitrogen and oxygen atoms in total. The average Bonchev–Trinajstić information content (AvgIpc) is 2.59. The van der Waals surface area contributed by atoms with Crippen LogP contribution in [0.15, 0.2) is 4.42 Å². The lowest BCUT2D eigenvalue weighted by Crippen LogP contribution is -2.04. The Labute approximate surface area is 76.9 Å². The van der Waals surface area contributed by atoms with Gasteiger partial charge in [0.1, 0.15) is 5.76 Å². The number of aromatic nitrogens is 1. The zero-order valence-electron chi connectivity index (χ0n) is 8.09. The van der Waals surface area contributed by atoms with Crippen molar-refractivity contribution in [3.8, 4) is 0 Å². The first-order valence-corrected chi connectivity index (χ1v) is 4.29. The Morgan fingerprint density at radius 1 is 1.46 bits per heavy atom. The maximum atomic E-state index is 11.2. The fraction of sp³-hybridized carbons (Fsp3) is 0.556. The molecule has 72 valence electrons. The summed E-state index contributed by atoms with van der Waals surface area (Å²) in [4.78, 5) is 15.2. The van der Waals surface area contributed by atoms with E-state index < -0.39 is 5.97 Å². The lowest BCUT2D eigenvalue weighted by molar-refractivity contribution is 0.0592. The number of ether oxygens (including phenoxy) is 1. The molecule has 0 aliphatic heterocycles. The highest BCUT2D eigenvalue weighted by atomic mass is 16.5. The summed E-state index contributed by atoms with van der Waals surface area (Å²) in [6, 6.07) is 0. The summed E-state index contributed by atoms with van der Waals surface area (Å²) in [5, 5.41) is 0. The Bertz CT molecular complexity index is 304. The van der Waals surface area contributed by atoms with Gasteiger partial charge >= 0.3 is 5.97 Å². The Morgan fingerprint density at radius 3 is 2.62 bits per heavy atom. The number of esters is 1. The van der Waals surface area contributed by atoms with Crippen LogP contribution in [0.1, 0.15) is 36.0 Å². The van der Waals surface area contributed by atoms with E-state index >= 15 is 0 Å². The molecule has 1 rings (SSSR count). The van der Waals surface area contributed by atoms with Crippen molar-refractivity contribution in [2.45, 2.75) is 26.7 Å². The minimum absolute atomic E-state index is 0.307. The van der Waals surface area contributed by atoms with Gasteiger partial charge in [-0.1, -0.05) is 13.8 Å². The van der Waals surface area contributed by atoms with E-state index in [2.05, 4.69) is 9.72 Å². The van der Waals surface area contributed by atoms with Crippen molar-refractivity contribution in [3.63, 3.8) is 0 Å². The number of hydrogen-bond donors (Lipinski definition) is 0. The van der Waals surface area contributed by atoms with Gasteiger partial charge in [0.05, 0.1) is 7.11 Å². The number of carbonyl (C=O) groups excluding carboxylic acids is 1. The van der Waals surface area contributed by atoms with Gasteiger partial charge in [-0.3, -0.25) is 0 Å². The topological polar surface area (TPSA) is 52.3 Å². The average molecular weight is 183 g/mol. The van der Waals surface area contributed by atoms with Crippen LogP contribution in [0.2, 0.25) is 0 Å². The van der Waals surface area contributed by atoms with E-state index in [0.717, 1.165) is 0 Å². The number of hydrogen-bond acceptors (Lipinski definition) is 4. The number of carbonyl (C=O) groups is 1. The Morgan fingerprint density at radius 2 is 2.15 bits per heavy atom. The van der Waals surface area contributed by atoms with Crippen molar-refractivity contribution < 1.29 is 13.9 Å². The molecule has 0 N–H and O–H groups in total. The molecule has 0 aliphatic carbocycles. The van der Waals surface area contributed by atoms with Crippen LogP contribution >= 0.6 is 0 Å². The van der Waals surface area contributed by atoms with Crippen molar-refractivity contribution in [3.05, 3.63) is 17.3 Å². The number of rotatable bonds is 3. The molecule has 4 heteroatoms. The van der Waals surface area contributed by atoms with Crippen LogP contribution in [0.25, 0.3) is 0 Å². The third-order valence-corrected chi connectivity index (χ3v) is 1.74. The summed E-state index contributed by atoms with van der Waals surface area (Å²) in [6.07, 6.45) is 1.33. The van der Waals surface area contributed by atoms with Gasteiger partial charge in [0.25, 0.3) is 0 Å². The van der Waals surface area contributed by atoms with Crippen LogP contribution < -0.4 is 0 Å². The van der Waals surface area contributed by atoms with Crippen molar-refractivity contribution >= 4 is 5.97 Å². The normalized spacial score (nSPS) is 10.1. The number of methoxy groups -OCH3 is 1. The van der Waals surface area contributed by atoms with E-state index in [0.29, 0.717) is 30.2 Å². The highest BCUT2D eigenvalue weighted by Gasteiger charge is 2.18. The maximum absolute atomic E-state index is 11.2. The largest absolute Gasteiger partial charge is 0.464 e. The minimum Gasteiger partial charge on any atom is -0.464 e.